The summed E-state index contributed by atoms with van der Waals surface area (Å²) in [7, 11) is 0. The van der Waals surface area contributed by atoms with Crippen LogP contribution in [0.3, 0.4) is 0 Å². The summed E-state index contributed by atoms with van der Waals surface area (Å²) in [6.45, 7) is 14.2. The van der Waals surface area contributed by atoms with Crippen molar-refractivity contribution in [1.82, 2.24) is 35.2 Å². The molecule has 5 N–H and O–H groups in total. The van der Waals surface area contributed by atoms with Gasteiger partial charge in [-0.2, -0.15) is 0 Å². The van der Waals surface area contributed by atoms with Crippen molar-refractivity contribution >= 4 is 40.9 Å². The molecule has 4 aromatic rings. The van der Waals surface area contributed by atoms with Crippen molar-refractivity contribution in [3.05, 3.63) is 93.1 Å². The van der Waals surface area contributed by atoms with Gasteiger partial charge in [0.2, 0.25) is 23.6 Å². The maximum absolute atomic E-state index is 14.1. The third kappa shape index (κ3) is 13.2. The predicted molar refractivity (Wildman–Crippen MR) is 283 cm³/mol. The predicted octanol–water partition coefficient (Wildman–Crippen LogP) is 7.36. The highest BCUT2D eigenvalue weighted by molar-refractivity contribution is 7.13. The van der Waals surface area contributed by atoms with Crippen molar-refractivity contribution in [1.29, 1.82) is 0 Å². The van der Waals surface area contributed by atoms with Gasteiger partial charge in [0.05, 0.1) is 28.8 Å². The van der Waals surface area contributed by atoms with Gasteiger partial charge in [-0.15, -0.1) is 11.3 Å². The number of carbonyl (C=O) groups excluding carboxylic acids is 5. The van der Waals surface area contributed by atoms with E-state index in [9.17, 15) is 39.3 Å². The Balaban J connectivity index is 0.742. The molecule has 3 aromatic carbocycles. The Kier molecular flexibility index (Phi) is 17.7. The number of nitrogens with one attached hydrogen (secondary N) is 2. The molecule has 8 rings (SSSR count). The van der Waals surface area contributed by atoms with Crippen LogP contribution >= 0.6 is 11.3 Å². The first kappa shape index (κ1) is 54.2. The molecule has 1 aromatic heterocycles. The van der Waals surface area contributed by atoms with Crippen LogP contribution in [0.15, 0.2) is 54.0 Å². The van der Waals surface area contributed by atoms with E-state index in [0.717, 1.165) is 77.2 Å². The first-order valence-corrected chi connectivity index (χ1v) is 27.4. The van der Waals surface area contributed by atoms with Gasteiger partial charge in [-0.05, 0) is 78.7 Å². The third-order valence-electron chi connectivity index (χ3n) is 15.3. The molecule has 0 radical (unpaired) electrons. The maximum atomic E-state index is 14.1. The van der Waals surface area contributed by atoms with Crippen LogP contribution < -0.4 is 15.4 Å². The molecule has 4 aliphatic rings. The second kappa shape index (κ2) is 24.1. The fourth-order valence-electron chi connectivity index (χ4n) is 10.8. The summed E-state index contributed by atoms with van der Waals surface area (Å²) < 4.78 is 6.22. The third-order valence-corrected chi connectivity index (χ3v) is 16.3. The first-order chi connectivity index (χ1) is 35.4. The molecule has 398 valence electrons. The number of hydrogen-bond donors (Lipinski definition) is 5. The Morgan fingerprint density at radius 2 is 1.54 bits per heavy atom. The van der Waals surface area contributed by atoms with Gasteiger partial charge in [0, 0.05) is 89.8 Å². The second-order valence-corrected chi connectivity index (χ2v) is 22.8. The topological polar surface area (TPSA) is 205 Å². The molecule has 0 spiro atoms. The molecule has 4 heterocycles. The number of aliphatic hydroxyl groups is 1. The number of aromatic nitrogens is 1. The summed E-state index contributed by atoms with van der Waals surface area (Å²) in [6.07, 6.45) is 7.35. The number of unbranched alkanes of at least 4 members (excludes halogenated alkanes) is 2. The highest BCUT2D eigenvalue weighted by Crippen LogP contribution is 2.41. The highest BCUT2D eigenvalue weighted by atomic mass is 32.1. The highest BCUT2D eigenvalue weighted by Gasteiger charge is 2.44. The summed E-state index contributed by atoms with van der Waals surface area (Å²) >= 11 is 1.57. The van der Waals surface area contributed by atoms with Gasteiger partial charge in [-0.25, -0.2) is 4.98 Å². The Morgan fingerprint density at radius 1 is 0.838 bits per heavy atom. The Labute approximate surface area is 439 Å². The number of carbonyl (C=O) groups is 5. The number of phenols is 2. The zero-order chi connectivity index (χ0) is 52.7. The summed E-state index contributed by atoms with van der Waals surface area (Å²) in [5.41, 5.74) is 7.83. The molecule has 3 aliphatic heterocycles. The van der Waals surface area contributed by atoms with Gasteiger partial charge in [-0.1, -0.05) is 88.9 Å². The zero-order valence-electron chi connectivity index (χ0n) is 43.8. The number of benzene rings is 3. The normalized spacial score (nSPS) is 18.8. The largest absolute Gasteiger partial charge is 0.507 e. The van der Waals surface area contributed by atoms with Crippen LogP contribution in [0.4, 0.5) is 0 Å². The number of β-amino-alcohol motifs (C(OH)–C–C–N with tert-alkyl or cyclic N) is 1. The number of aromatic hydroxyl groups is 2. The molecule has 1 aliphatic carbocycles. The quantitative estimate of drug-likeness (QED) is 0.0623. The van der Waals surface area contributed by atoms with Crippen LogP contribution in [0, 0.1) is 25.2 Å². The monoisotopic (exact) mass is 1030 g/mol. The second-order valence-electron chi connectivity index (χ2n) is 22.0. The average molecular weight is 1030 g/mol. The average Bonchev–Trinajstić information content (AvgIpc) is 4.13. The number of rotatable bonds is 18. The molecule has 1 saturated carbocycles. The maximum Gasteiger partial charge on any atom is 0.262 e. The molecule has 1 unspecified atom stereocenters. The van der Waals surface area contributed by atoms with Crippen LogP contribution in [-0.2, 0) is 45.4 Å². The van der Waals surface area contributed by atoms with Gasteiger partial charge in [0.25, 0.3) is 5.91 Å². The molecule has 16 nitrogen and oxygen atoms in total. The van der Waals surface area contributed by atoms with E-state index in [1.807, 2.05) is 62.4 Å². The van der Waals surface area contributed by atoms with Crippen LogP contribution in [-0.4, -0.2) is 127 Å². The minimum atomic E-state index is -0.912. The van der Waals surface area contributed by atoms with Gasteiger partial charge in [-0.3, -0.25) is 28.9 Å². The van der Waals surface area contributed by atoms with E-state index < -0.39 is 29.5 Å². The van der Waals surface area contributed by atoms with E-state index in [-0.39, 0.29) is 72.4 Å². The molecule has 5 amide bonds. The van der Waals surface area contributed by atoms with Gasteiger partial charge >= 0.3 is 0 Å². The molecular weight excluding hydrogens is 959 g/mol. The minimum Gasteiger partial charge on any atom is -0.507 e. The number of likely N-dealkylation sites (tertiary alicyclic amines) is 1. The number of thiazole rings is 1. The minimum absolute atomic E-state index is 0.00101. The van der Waals surface area contributed by atoms with Crippen molar-refractivity contribution in [3.63, 3.8) is 0 Å². The number of phenolic OH excluding ortho intramolecular Hbond substituents is 2. The van der Waals surface area contributed by atoms with Crippen molar-refractivity contribution in [3.8, 4) is 27.7 Å². The summed E-state index contributed by atoms with van der Waals surface area (Å²) in [5.74, 6) is -1.03. The van der Waals surface area contributed by atoms with Crippen LogP contribution in [0.2, 0.25) is 0 Å². The Bertz CT molecular complexity index is 2650. The number of piperazine rings is 1. The van der Waals surface area contributed by atoms with E-state index in [2.05, 4.69) is 38.7 Å². The van der Waals surface area contributed by atoms with E-state index >= 15 is 0 Å². The summed E-state index contributed by atoms with van der Waals surface area (Å²) in [6, 6.07) is 13.6. The van der Waals surface area contributed by atoms with E-state index in [1.54, 1.807) is 23.2 Å². The standard InChI is InChI=1S/C57H75N7O9S/c1-36-46(66)28-47(67)50(51(36)73-34-39-12-8-6-9-13-39)55(71)63-31-42-21-18-40(26-43(42)32-63)30-61-22-24-62(25-23-61)49(69)15-11-7-10-14-48(68)60-53(57(3,4)5)56(72)64-33-44(65)27-45(64)54(70)58-29-38-16-19-41(20-17-38)52-37(2)59-35-74-52/h16-21,26,28,35,39,44-45,53,65-67H,6-15,22-25,27,29-34H2,1-5H3,(H,58,70)(H,60,68)/t44-,45+,53?/m1/s1. The lowest BCUT2D eigenvalue weighted by atomic mass is 9.85. The lowest BCUT2D eigenvalue weighted by Crippen LogP contribution is -2.57. The molecule has 2 saturated heterocycles. The van der Waals surface area contributed by atoms with Crippen molar-refractivity contribution in [2.24, 2.45) is 11.3 Å². The molecule has 74 heavy (non-hydrogen) atoms. The van der Waals surface area contributed by atoms with Gasteiger partial charge < -0.3 is 45.4 Å². The van der Waals surface area contributed by atoms with Crippen molar-refractivity contribution in [2.45, 2.75) is 150 Å². The van der Waals surface area contributed by atoms with E-state index in [0.29, 0.717) is 76.5 Å². The molecule has 17 heteroatoms. The number of hydrogen-bond acceptors (Lipinski definition) is 12. The fraction of sp³-hybridized carbons (Fsp3) is 0.544. The van der Waals surface area contributed by atoms with Crippen molar-refractivity contribution in [2.75, 3.05) is 39.3 Å². The molecule has 3 fully saturated rings. The van der Waals surface area contributed by atoms with E-state index in [1.165, 1.54) is 17.4 Å². The fourth-order valence-corrected chi connectivity index (χ4v) is 11.7. The van der Waals surface area contributed by atoms with Crippen LogP contribution in [0.25, 0.3) is 10.4 Å². The Hall–Kier alpha value is -6.04. The lowest BCUT2D eigenvalue weighted by molar-refractivity contribution is -0.144. The number of amides is 5. The lowest BCUT2D eigenvalue weighted by Gasteiger charge is -2.35. The number of ether oxygens (including phenoxy) is 1. The van der Waals surface area contributed by atoms with Crippen molar-refractivity contribution < 1.29 is 44.0 Å². The summed E-state index contributed by atoms with van der Waals surface area (Å²) in [4.78, 5) is 81.0. The van der Waals surface area contributed by atoms with Gasteiger partial charge in [0.15, 0.2) is 0 Å². The zero-order valence-corrected chi connectivity index (χ0v) is 44.6. The molecular formula is C57H75N7O9S. The number of fused-ring (bicyclic) bond motifs is 1. The molecule has 3 atom stereocenters. The number of nitrogens with zero attached hydrogens (tertiary/aromatic N) is 5. The SMILES string of the molecule is Cc1ncsc1-c1ccc(CNC(=O)[C@@H]2C[C@@H](O)CN2C(=O)C(NC(=O)CCCCCC(=O)N2CCN(Cc3ccc4c(c3)CN(C(=O)c3c(O)cc(O)c(C)c3OCC3CCCCC3)C4)CC2)C(C)(C)C)cc1. The molecule has 0 bridgehead atoms. The number of aryl methyl sites for hydroxylation is 1. The van der Waals surface area contributed by atoms with E-state index in [4.69, 9.17) is 4.74 Å². The van der Waals surface area contributed by atoms with Gasteiger partial charge in [0.1, 0.15) is 34.9 Å². The first-order valence-electron chi connectivity index (χ1n) is 26.6. The Morgan fingerprint density at radius 3 is 2.24 bits per heavy atom. The van der Waals surface area contributed by atoms with Crippen LogP contribution in [0.1, 0.15) is 135 Å². The van der Waals surface area contributed by atoms with Crippen LogP contribution in [0.5, 0.6) is 17.2 Å². The summed E-state index contributed by atoms with van der Waals surface area (Å²) in [5, 5.41) is 38.0. The smallest absolute Gasteiger partial charge is 0.262 e. The number of aliphatic hydroxyl groups excluding tert-OH is 1.